The lowest BCUT2D eigenvalue weighted by molar-refractivity contribution is -0.153. The zero-order valence-corrected chi connectivity index (χ0v) is 10.3. The molecule has 0 saturated carbocycles. The Labute approximate surface area is 96.6 Å². The molecule has 1 saturated heterocycles. The fraction of sp³-hybridized carbons (Fsp3) is 0.778. The summed E-state index contributed by atoms with van der Waals surface area (Å²) in [5, 5.41) is 9.82. The molecule has 0 unspecified atom stereocenters. The first-order chi connectivity index (χ1) is 6.41. The van der Waals surface area contributed by atoms with Gasteiger partial charge in [-0.15, -0.1) is 0 Å². The van der Waals surface area contributed by atoms with E-state index in [-0.39, 0.29) is 18.2 Å². The molecule has 2 aliphatic rings. The van der Waals surface area contributed by atoms with Crippen LogP contribution in [0.1, 0.15) is 13.8 Å². The molecule has 4 atom stereocenters. The van der Waals surface area contributed by atoms with E-state index in [4.69, 9.17) is 15.2 Å². The van der Waals surface area contributed by atoms with Gasteiger partial charge in [-0.05, 0) is 36.4 Å². The van der Waals surface area contributed by atoms with Crippen molar-refractivity contribution in [2.24, 2.45) is 5.73 Å². The minimum Gasteiger partial charge on any atom is -0.388 e. The second kappa shape index (κ2) is 3.41. The van der Waals surface area contributed by atoms with Gasteiger partial charge in [0, 0.05) is 3.58 Å². The number of aliphatic hydroxyl groups excluding tert-OH is 1. The summed E-state index contributed by atoms with van der Waals surface area (Å²) in [5.74, 6) is -0.634. The van der Waals surface area contributed by atoms with Crippen molar-refractivity contribution >= 4 is 22.6 Å². The maximum Gasteiger partial charge on any atom is 0.164 e. The fourth-order valence-corrected chi connectivity index (χ4v) is 2.75. The third-order valence-electron chi connectivity index (χ3n) is 2.48. The molecule has 0 aromatic heterocycles. The lowest BCUT2D eigenvalue weighted by Crippen LogP contribution is -2.49. The van der Waals surface area contributed by atoms with E-state index < -0.39 is 11.9 Å². The second-order valence-corrected chi connectivity index (χ2v) is 5.39. The third-order valence-corrected chi connectivity index (χ3v) is 3.46. The van der Waals surface area contributed by atoms with E-state index in [1.165, 1.54) is 0 Å². The standard InChI is InChI=1S/C9H14INO3/c1-9(2)13-7-4(10)3-5(11)6(12)8(7)14-9/h3,5-8,12H,11H2,1-2H3/t5-,6+,7+,8-/m0/s1. The van der Waals surface area contributed by atoms with Crippen LogP contribution >= 0.6 is 22.6 Å². The predicted molar refractivity (Wildman–Crippen MR) is 59.9 cm³/mol. The highest BCUT2D eigenvalue weighted by Crippen LogP contribution is 2.39. The number of hydrogen-bond donors (Lipinski definition) is 2. The summed E-state index contributed by atoms with van der Waals surface area (Å²) < 4.78 is 12.3. The SMILES string of the molecule is CC1(C)O[C@H]2[C@H](O)[C@@H](N)C=C(I)[C@H]2O1. The van der Waals surface area contributed by atoms with Gasteiger partial charge in [-0.2, -0.15) is 0 Å². The molecule has 4 nitrogen and oxygen atoms in total. The van der Waals surface area contributed by atoms with Crippen LogP contribution in [0.15, 0.2) is 9.66 Å². The molecule has 0 amide bonds. The number of rotatable bonds is 0. The molecule has 80 valence electrons. The van der Waals surface area contributed by atoms with Crippen molar-refractivity contribution in [1.29, 1.82) is 0 Å². The highest BCUT2D eigenvalue weighted by molar-refractivity contribution is 14.1. The molecular weight excluding hydrogens is 297 g/mol. The van der Waals surface area contributed by atoms with Crippen LogP contribution in [0.25, 0.3) is 0 Å². The molecule has 0 aromatic carbocycles. The summed E-state index contributed by atoms with van der Waals surface area (Å²) in [5.41, 5.74) is 5.75. The number of hydrogen-bond acceptors (Lipinski definition) is 4. The van der Waals surface area contributed by atoms with Crippen LogP contribution in [-0.2, 0) is 9.47 Å². The normalized spacial score (nSPS) is 45.9. The fourth-order valence-electron chi connectivity index (χ4n) is 1.85. The van der Waals surface area contributed by atoms with Crippen molar-refractivity contribution < 1.29 is 14.6 Å². The lowest BCUT2D eigenvalue weighted by Gasteiger charge is -2.30. The molecule has 5 heteroatoms. The van der Waals surface area contributed by atoms with E-state index in [9.17, 15) is 5.11 Å². The molecule has 1 heterocycles. The van der Waals surface area contributed by atoms with Gasteiger partial charge >= 0.3 is 0 Å². The zero-order chi connectivity index (χ0) is 10.5. The van der Waals surface area contributed by atoms with E-state index in [0.717, 1.165) is 3.58 Å². The minimum absolute atomic E-state index is 0.166. The number of fused-ring (bicyclic) bond motifs is 1. The quantitative estimate of drug-likeness (QED) is 0.641. The van der Waals surface area contributed by atoms with Crippen LogP contribution in [0, 0.1) is 0 Å². The first-order valence-corrected chi connectivity index (χ1v) is 5.65. The van der Waals surface area contributed by atoms with Gasteiger partial charge in [0.15, 0.2) is 5.79 Å². The summed E-state index contributed by atoms with van der Waals surface area (Å²) in [4.78, 5) is 0. The number of ether oxygens (including phenoxy) is 2. The Morgan fingerprint density at radius 1 is 1.50 bits per heavy atom. The summed E-state index contributed by atoms with van der Waals surface area (Å²) in [7, 11) is 0. The van der Waals surface area contributed by atoms with E-state index >= 15 is 0 Å². The van der Waals surface area contributed by atoms with Crippen LogP contribution < -0.4 is 5.73 Å². The van der Waals surface area contributed by atoms with Crippen molar-refractivity contribution in [2.75, 3.05) is 0 Å². The summed E-state index contributed by atoms with van der Waals surface area (Å²) in [6.45, 7) is 3.68. The molecule has 0 spiro atoms. The Bertz CT molecular complexity index is 279. The van der Waals surface area contributed by atoms with Crippen LogP contribution in [0.2, 0.25) is 0 Å². The van der Waals surface area contributed by atoms with E-state index in [0.29, 0.717) is 0 Å². The predicted octanol–water partition coefficient (Wildman–Crippen LogP) is 0.527. The Hall–Kier alpha value is 0.310. The Kier molecular flexibility index (Phi) is 2.64. The molecule has 3 N–H and O–H groups in total. The first kappa shape index (κ1) is 10.8. The summed E-state index contributed by atoms with van der Waals surface area (Å²) in [6, 6.07) is -0.361. The first-order valence-electron chi connectivity index (χ1n) is 4.57. The van der Waals surface area contributed by atoms with Gasteiger partial charge in [-0.25, -0.2) is 0 Å². The van der Waals surface area contributed by atoms with E-state index in [2.05, 4.69) is 22.6 Å². The third kappa shape index (κ3) is 1.71. The zero-order valence-electron chi connectivity index (χ0n) is 8.11. The molecule has 0 bridgehead atoms. The highest BCUT2D eigenvalue weighted by Gasteiger charge is 2.49. The molecule has 1 aliphatic heterocycles. The largest absolute Gasteiger partial charge is 0.388 e. The molecule has 2 rings (SSSR count). The molecule has 14 heavy (non-hydrogen) atoms. The Morgan fingerprint density at radius 2 is 2.14 bits per heavy atom. The average Bonchev–Trinajstić information content (AvgIpc) is 2.38. The van der Waals surface area contributed by atoms with Crippen LogP contribution in [0.5, 0.6) is 0 Å². The van der Waals surface area contributed by atoms with Crippen LogP contribution in [-0.4, -0.2) is 35.2 Å². The smallest absolute Gasteiger partial charge is 0.164 e. The van der Waals surface area contributed by atoms with Crippen molar-refractivity contribution in [3.8, 4) is 0 Å². The summed E-state index contributed by atoms with van der Waals surface area (Å²) in [6.07, 6.45) is 0.648. The van der Waals surface area contributed by atoms with Crippen molar-refractivity contribution in [2.45, 2.75) is 44.0 Å². The van der Waals surface area contributed by atoms with Gasteiger partial charge in [0.05, 0.1) is 6.04 Å². The molecule has 0 aromatic rings. The van der Waals surface area contributed by atoms with Crippen molar-refractivity contribution in [3.63, 3.8) is 0 Å². The van der Waals surface area contributed by atoms with Gasteiger partial charge in [0.25, 0.3) is 0 Å². The number of aliphatic hydroxyl groups is 1. The Balaban J connectivity index is 2.27. The molecular formula is C9H14INO3. The van der Waals surface area contributed by atoms with E-state index in [1.54, 1.807) is 0 Å². The molecule has 0 radical (unpaired) electrons. The van der Waals surface area contributed by atoms with Crippen molar-refractivity contribution in [3.05, 3.63) is 9.66 Å². The van der Waals surface area contributed by atoms with Crippen LogP contribution in [0.3, 0.4) is 0 Å². The maximum atomic E-state index is 9.82. The molecule has 1 fully saturated rings. The van der Waals surface area contributed by atoms with Gasteiger partial charge in [-0.1, -0.05) is 6.08 Å². The second-order valence-electron chi connectivity index (χ2n) is 4.14. The molecule has 1 aliphatic carbocycles. The van der Waals surface area contributed by atoms with Crippen molar-refractivity contribution in [1.82, 2.24) is 0 Å². The summed E-state index contributed by atoms with van der Waals surface area (Å²) >= 11 is 2.18. The topological polar surface area (TPSA) is 64.7 Å². The average molecular weight is 311 g/mol. The monoisotopic (exact) mass is 311 g/mol. The highest BCUT2D eigenvalue weighted by atomic mass is 127. The van der Waals surface area contributed by atoms with Gasteiger partial charge < -0.3 is 20.3 Å². The van der Waals surface area contributed by atoms with Gasteiger partial charge in [-0.3, -0.25) is 0 Å². The Morgan fingerprint density at radius 3 is 2.79 bits per heavy atom. The minimum atomic E-state index is -0.680. The van der Waals surface area contributed by atoms with Gasteiger partial charge in [0.2, 0.25) is 0 Å². The van der Waals surface area contributed by atoms with Gasteiger partial charge in [0.1, 0.15) is 18.3 Å². The maximum absolute atomic E-state index is 9.82. The number of halogens is 1. The number of nitrogens with two attached hydrogens (primary N) is 1. The lowest BCUT2D eigenvalue weighted by atomic mass is 9.95. The van der Waals surface area contributed by atoms with Crippen LogP contribution in [0.4, 0.5) is 0 Å². The van der Waals surface area contributed by atoms with E-state index in [1.807, 2.05) is 19.9 Å².